The Morgan fingerprint density at radius 1 is 1.29 bits per heavy atom. The fourth-order valence-electron chi connectivity index (χ4n) is 1.69. The molecule has 0 saturated heterocycles. The predicted molar refractivity (Wildman–Crippen MR) is 65.6 cm³/mol. The molecule has 0 spiro atoms. The third kappa shape index (κ3) is 5.43. The van der Waals surface area contributed by atoms with Crippen molar-refractivity contribution >= 4 is 0 Å². The zero-order valence-corrected chi connectivity index (χ0v) is 10.4. The Hall–Kier alpha value is -0.300. The van der Waals surface area contributed by atoms with Gasteiger partial charge in [-0.15, -0.1) is 0 Å². The molecule has 0 aromatic rings. The molecular formula is C13H27N. The van der Waals surface area contributed by atoms with Gasteiger partial charge in [-0.05, 0) is 37.8 Å². The zero-order valence-electron chi connectivity index (χ0n) is 10.4. The van der Waals surface area contributed by atoms with Crippen molar-refractivity contribution < 1.29 is 0 Å². The lowest BCUT2D eigenvalue weighted by atomic mass is 9.78. The van der Waals surface area contributed by atoms with E-state index in [1.54, 1.807) is 0 Å². The van der Waals surface area contributed by atoms with Crippen LogP contribution in [0.1, 0.15) is 53.4 Å². The van der Waals surface area contributed by atoms with Crippen LogP contribution >= 0.6 is 0 Å². The van der Waals surface area contributed by atoms with Crippen LogP contribution in [-0.2, 0) is 0 Å². The lowest BCUT2D eigenvalue weighted by Gasteiger charge is -2.29. The smallest absolute Gasteiger partial charge is 0.00437 e. The first-order valence-electron chi connectivity index (χ1n) is 5.95. The topological polar surface area (TPSA) is 12.0 Å². The predicted octanol–water partition coefficient (Wildman–Crippen LogP) is 3.76. The van der Waals surface area contributed by atoms with E-state index in [2.05, 4.69) is 39.6 Å². The summed E-state index contributed by atoms with van der Waals surface area (Å²) in [6, 6.07) is 0. The van der Waals surface area contributed by atoms with E-state index in [0.717, 1.165) is 19.5 Å². The second-order valence-corrected chi connectivity index (χ2v) is 4.55. The molecule has 1 unspecified atom stereocenters. The molecule has 84 valence electrons. The van der Waals surface area contributed by atoms with Crippen LogP contribution < -0.4 is 5.32 Å². The third-order valence-corrected chi connectivity index (χ3v) is 3.19. The van der Waals surface area contributed by atoms with Gasteiger partial charge in [0.05, 0.1) is 0 Å². The summed E-state index contributed by atoms with van der Waals surface area (Å²) >= 11 is 0. The van der Waals surface area contributed by atoms with Gasteiger partial charge in [-0.25, -0.2) is 0 Å². The summed E-state index contributed by atoms with van der Waals surface area (Å²) in [6.07, 6.45) is 4.82. The second kappa shape index (κ2) is 7.05. The van der Waals surface area contributed by atoms with E-state index in [1.807, 2.05) is 0 Å². The van der Waals surface area contributed by atoms with Crippen LogP contribution in [0.5, 0.6) is 0 Å². The normalized spacial score (nSPS) is 15.1. The minimum absolute atomic E-state index is 0.454. The molecule has 14 heavy (non-hydrogen) atoms. The fourth-order valence-corrected chi connectivity index (χ4v) is 1.69. The Kier molecular flexibility index (Phi) is 6.90. The SMILES string of the molecule is C=C(CC)CC(C)(CC)CCNCC. The molecule has 0 bridgehead atoms. The van der Waals surface area contributed by atoms with Gasteiger partial charge in [0, 0.05) is 0 Å². The van der Waals surface area contributed by atoms with Crippen molar-refractivity contribution in [1.82, 2.24) is 5.32 Å². The summed E-state index contributed by atoms with van der Waals surface area (Å²) in [5.74, 6) is 0. The molecule has 0 radical (unpaired) electrons. The van der Waals surface area contributed by atoms with Crippen LogP contribution in [0.15, 0.2) is 12.2 Å². The van der Waals surface area contributed by atoms with Crippen molar-refractivity contribution in [3.63, 3.8) is 0 Å². The van der Waals surface area contributed by atoms with E-state index < -0.39 is 0 Å². The van der Waals surface area contributed by atoms with Crippen LogP contribution in [0.2, 0.25) is 0 Å². The lowest BCUT2D eigenvalue weighted by Crippen LogP contribution is -2.24. The van der Waals surface area contributed by atoms with Crippen LogP contribution in [0.4, 0.5) is 0 Å². The minimum atomic E-state index is 0.454. The van der Waals surface area contributed by atoms with E-state index >= 15 is 0 Å². The molecule has 1 nitrogen and oxygen atoms in total. The maximum absolute atomic E-state index is 4.11. The largest absolute Gasteiger partial charge is 0.317 e. The first kappa shape index (κ1) is 13.7. The van der Waals surface area contributed by atoms with E-state index in [0.29, 0.717) is 5.41 Å². The Morgan fingerprint density at radius 3 is 2.36 bits per heavy atom. The Labute approximate surface area is 90.0 Å². The van der Waals surface area contributed by atoms with Crippen LogP contribution in [-0.4, -0.2) is 13.1 Å². The average molecular weight is 197 g/mol. The molecule has 1 heteroatoms. The van der Waals surface area contributed by atoms with Gasteiger partial charge in [-0.3, -0.25) is 0 Å². The van der Waals surface area contributed by atoms with Crippen LogP contribution in [0.25, 0.3) is 0 Å². The Balaban J connectivity index is 3.97. The van der Waals surface area contributed by atoms with Gasteiger partial charge in [0.15, 0.2) is 0 Å². The Bertz CT molecular complexity index is 163. The van der Waals surface area contributed by atoms with Crippen LogP contribution in [0, 0.1) is 5.41 Å². The van der Waals surface area contributed by atoms with Crippen molar-refractivity contribution in [2.24, 2.45) is 5.41 Å². The molecule has 0 amide bonds. The maximum atomic E-state index is 4.11. The van der Waals surface area contributed by atoms with E-state index in [-0.39, 0.29) is 0 Å². The molecule has 0 aromatic heterocycles. The van der Waals surface area contributed by atoms with Gasteiger partial charge in [0.1, 0.15) is 0 Å². The highest BCUT2D eigenvalue weighted by atomic mass is 14.8. The van der Waals surface area contributed by atoms with Gasteiger partial charge in [-0.1, -0.05) is 46.3 Å². The molecule has 0 saturated carbocycles. The molecule has 0 fully saturated rings. The van der Waals surface area contributed by atoms with Gasteiger partial charge in [0.2, 0.25) is 0 Å². The summed E-state index contributed by atoms with van der Waals surface area (Å²) in [6.45, 7) is 15.4. The highest BCUT2D eigenvalue weighted by Gasteiger charge is 2.21. The van der Waals surface area contributed by atoms with Crippen LogP contribution in [0.3, 0.4) is 0 Å². The summed E-state index contributed by atoms with van der Waals surface area (Å²) in [4.78, 5) is 0. The van der Waals surface area contributed by atoms with Gasteiger partial charge in [0.25, 0.3) is 0 Å². The van der Waals surface area contributed by atoms with Gasteiger partial charge < -0.3 is 5.32 Å². The lowest BCUT2D eigenvalue weighted by molar-refractivity contribution is 0.276. The average Bonchev–Trinajstić information content (AvgIpc) is 2.18. The summed E-state index contributed by atoms with van der Waals surface area (Å²) in [7, 11) is 0. The molecule has 1 N–H and O–H groups in total. The number of allylic oxidation sites excluding steroid dienone is 1. The second-order valence-electron chi connectivity index (χ2n) is 4.55. The zero-order chi connectivity index (χ0) is 11.0. The molecule has 1 atom stereocenters. The highest BCUT2D eigenvalue weighted by molar-refractivity contribution is 4.98. The number of hydrogen-bond acceptors (Lipinski definition) is 1. The van der Waals surface area contributed by atoms with E-state index in [9.17, 15) is 0 Å². The molecule has 0 rings (SSSR count). The number of hydrogen-bond donors (Lipinski definition) is 1. The number of rotatable bonds is 8. The first-order chi connectivity index (χ1) is 6.58. The fraction of sp³-hybridized carbons (Fsp3) is 0.846. The monoisotopic (exact) mass is 197 g/mol. The maximum Gasteiger partial charge on any atom is -0.00437 e. The molecule has 0 aliphatic carbocycles. The molecule has 0 aliphatic heterocycles. The van der Waals surface area contributed by atoms with Crippen molar-refractivity contribution in [2.75, 3.05) is 13.1 Å². The summed E-state index contributed by atoms with van der Waals surface area (Å²) in [5, 5.41) is 3.40. The molecular weight excluding hydrogens is 170 g/mol. The molecule has 0 aliphatic rings. The number of nitrogens with one attached hydrogen (secondary N) is 1. The minimum Gasteiger partial charge on any atom is -0.317 e. The first-order valence-corrected chi connectivity index (χ1v) is 5.95. The van der Waals surface area contributed by atoms with Gasteiger partial charge in [-0.2, -0.15) is 0 Å². The third-order valence-electron chi connectivity index (χ3n) is 3.19. The van der Waals surface area contributed by atoms with Crippen molar-refractivity contribution in [3.8, 4) is 0 Å². The van der Waals surface area contributed by atoms with E-state index in [1.165, 1.54) is 24.8 Å². The summed E-state index contributed by atoms with van der Waals surface area (Å²) in [5.41, 5.74) is 1.85. The Morgan fingerprint density at radius 2 is 1.93 bits per heavy atom. The van der Waals surface area contributed by atoms with Crippen molar-refractivity contribution in [1.29, 1.82) is 0 Å². The van der Waals surface area contributed by atoms with Gasteiger partial charge >= 0.3 is 0 Å². The highest BCUT2D eigenvalue weighted by Crippen LogP contribution is 2.33. The molecule has 0 heterocycles. The molecule has 0 aromatic carbocycles. The van der Waals surface area contributed by atoms with Crippen molar-refractivity contribution in [3.05, 3.63) is 12.2 Å². The standard InChI is InChI=1S/C13H27N/c1-6-12(4)11-13(5,7-2)9-10-14-8-3/h14H,4,6-11H2,1-3,5H3. The van der Waals surface area contributed by atoms with Crippen molar-refractivity contribution in [2.45, 2.75) is 53.4 Å². The summed E-state index contributed by atoms with van der Waals surface area (Å²) < 4.78 is 0. The van der Waals surface area contributed by atoms with E-state index in [4.69, 9.17) is 0 Å². The quantitative estimate of drug-likeness (QED) is 0.461.